The molecular formula is C83H105F19N2. The highest BCUT2D eigenvalue weighted by molar-refractivity contribution is 5.35. The summed E-state index contributed by atoms with van der Waals surface area (Å²) in [6, 6.07) is 34.4. The summed E-state index contributed by atoms with van der Waals surface area (Å²) in [5, 5.41) is 0. The van der Waals surface area contributed by atoms with Crippen LogP contribution in [0.15, 0.2) is 182 Å². The summed E-state index contributed by atoms with van der Waals surface area (Å²) >= 11 is 0. The van der Waals surface area contributed by atoms with Crippen LogP contribution in [-0.4, -0.2) is 44.7 Å². The van der Waals surface area contributed by atoms with Crippen molar-refractivity contribution in [3.05, 3.63) is 354 Å². The van der Waals surface area contributed by atoms with E-state index in [0.717, 1.165) is 104 Å². The zero-order valence-electron chi connectivity index (χ0n) is 49.6. The van der Waals surface area contributed by atoms with Crippen molar-refractivity contribution in [2.45, 2.75) is 128 Å². The monoisotopic (exact) mass is 1490 g/mol. The molecule has 580 valence electrons. The van der Waals surface area contributed by atoms with E-state index in [1.165, 1.54) is 60.7 Å². The molecule has 0 aliphatic carbocycles. The van der Waals surface area contributed by atoms with E-state index in [2.05, 4.69) is 38.0 Å². The van der Waals surface area contributed by atoms with E-state index >= 15 is 0 Å². The molecule has 0 N–H and O–H groups in total. The minimum Gasteiger partial charge on any atom is -0.297 e. The Labute approximate surface area is 607 Å². The third kappa shape index (κ3) is 34.8. The molecule has 0 aromatic heterocycles. The molecule has 0 unspecified atom stereocenters. The molecule has 0 amide bonds. The topological polar surface area (TPSA) is 6.48 Å². The Hall–Kier alpha value is -9.21. The Morgan fingerprint density at radius 3 is 0.817 bits per heavy atom. The van der Waals surface area contributed by atoms with Gasteiger partial charge in [0.1, 0.15) is 87.3 Å². The maximum atomic E-state index is 13.7. The molecular weight excluding hydrogens is 1390 g/mol. The van der Waals surface area contributed by atoms with E-state index in [0.29, 0.717) is 22.8 Å². The molecule has 10 rings (SSSR count). The van der Waals surface area contributed by atoms with Gasteiger partial charge in [-0.05, 0) is 158 Å². The number of aryl methyl sites for hydroxylation is 1. The van der Waals surface area contributed by atoms with Gasteiger partial charge in [-0.2, -0.15) is 0 Å². The first-order chi connectivity index (χ1) is 43.5. The summed E-state index contributed by atoms with van der Waals surface area (Å²) in [5.41, 5.74) is 1.17. The first-order valence-electron chi connectivity index (χ1n) is 27.5. The minimum atomic E-state index is -0.981. The van der Waals surface area contributed by atoms with Gasteiger partial charge >= 0.3 is 0 Å². The summed E-state index contributed by atoms with van der Waals surface area (Å²) < 4.78 is 249. The van der Waals surface area contributed by atoms with Gasteiger partial charge in [-0.15, -0.1) is 0 Å². The van der Waals surface area contributed by atoms with E-state index < -0.39 is 111 Å². The fourth-order valence-electron chi connectivity index (χ4n) is 8.51. The predicted octanol–water partition coefficient (Wildman–Crippen LogP) is 27.0. The molecule has 0 radical (unpaired) electrons. The van der Waals surface area contributed by atoms with Crippen molar-refractivity contribution in [3.8, 4) is 0 Å². The molecule has 0 atom stereocenters. The van der Waals surface area contributed by atoms with Crippen LogP contribution < -0.4 is 0 Å². The largest absolute Gasteiger partial charge is 0.297 e. The van der Waals surface area contributed by atoms with Gasteiger partial charge in [-0.3, -0.25) is 9.80 Å². The Balaban J connectivity index is -0.000000175. The van der Waals surface area contributed by atoms with Crippen LogP contribution in [0.5, 0.6) is 0 Å². The van der Waals surface area contributed by atoms with Crippen molar-refractivity contribution < 1.29 is 83.4 Å². The third-order valence-electron chi connectivity index (χ3n) is 13.0. The van der Waals surface area contributed by atoms with Crippen molar-refractivity contribution in [1.29, 1.82) is 0 Å². The smallest absolute Gasteiger partial charge is 0.162 e. The van der Waals surface area contributed by atoms with Crippen molar-refractivity contribution in [1.82, 2.24) is 9.80 Å². The fraction of sp³-hybridized carbons (Fsp3) is 0.277. The second-order valence-corrected chi connectivity index (χ2v) is 20.7. The van der Waals surface area contributed by atoms with E-state index in [9.17, 15) is 83.4 Å². The zero-order chi connectivity index (χ0) is 67.9. The summed E-state index contributed by atoms with van der Waals surface area (Å²) in [5.74, 6) is -14.6. The van der Waals surface area contributed by atoms with Crippen LogP contribution in [0, 0.1) is 117 Å². The lowest BCUT2D eigenvalue weighted by Gasteiger charge is -2.14. The Morgan fingerprint density at radius 1 is 0.221 bits per heavy atom. The standard InChI is InChI=1S/C14H11F3.4C13H8F4.C5H14N2.12CH4/c1-9-4-2-5-10(13(9)16)8-11-6-3-7-12(15)14(11)17;14-10-3-2-9(12(16)7-10)5-8-1-4-11(15)13(17)6-8;14-10-3-1-8(12(16)6-10)5-9-2-4-11(15)7-13(9)17;14-10-3-1-4-11(15)8(10)7-9-12(16)5-2-6-13(9)17;14-9-5-4-8(13(17)7-9)6-10-11(15)2-1-3-12(10)16;1-6(2)5-7(3)4;;;;;;;;;;;;/h2-7H,8H2,1H3;2*1-4,6-7H,5H2;1-6H,7H2;1-5,7H,6H2;5H2,1-4H3;12*1H4. The van der Waals surface area contributed by atoms with Gasteiger partial charge in [-0.1, -0.05) is 168 Å². The summed E-state index contributed by atoms with van der Waals surface area (Å²) in [6.45, 7) is 2.67. The van der Waals surface area contributed by atoms with Crippen molar-refractivity contribution in [3.63, 3.8) is 0 Å². The van der Waals surface area contributed by atoms with Gasteiger partial charge in [0.2, 0.25) is 0 Å². The second kappa shape index (κ2) is 53.6. The van der Waals surface area contributed by atoms with Gasteiger partial charge in [-0.25, -0.2) is 83.4 Å². The lowest BCUT2D eigenvalue weighted by Crippen LogP contribution is -2.26. The van der Waals surface area contributed by atoms with Gasteiger partial charge in [0.05, 0.1) is 0 Å². The van der Waals surface area contributed by atoms with Crippen LogP contribution >= 0.6 is 0 Å². The predicted molar refractivity (Wildman–Crippen MR) is 395 cm³/mol. The molecule has 0 bridgehead atoms. The van der Waals surface area contributed by atoms with Crippen molar-refractivity contribution >= 4 is 0 Å². The molecule has 0 saturated carbocycles. The first kappa shape index (κ1) is 111. The van der Waals surface area contributed by atoms with Gasteiger partial charge in [0.25, 0.3) is 0 Å². The van der Waals surface area contributed by atoms with Gasteiger partial charge < -0.3 is 0 Å². The molecule has 10 aromatic carbocycles. The molecule has 104 heavy (non-hydrogen) atoms. The van der Waals surface area contributed by atoms with E-state index in [-0.39, 0.29) is 165 Å². The van der Waals surface area contributed by atoms with Crippen LogP contribution in [0.2, 0.25) is 0 Å². The van der Waals surface area contributed by atoms with Crippen LogP contribution in [0.25, 0.3) is 0 Å². The Kier molecular flexibility index (Phi) is 57.0. The molecule has 0 heterocycles. The molecule has 0 aliphatic heterocycles. The lowest BCUT2D eigenvalue weighted by molar-refractivity contribution is 0.245. The van der Waals surface area contributed by atoms with E-state index in [1.54, 1.807) is 25.1 Å². The molecule has 0 saturated heterocycles. The SMILES string of the molecule is C.C.C.C.C.C.C.C.C.C.C.C.CN(C)CN(C)C.Cc1cccc(Cc2cccc(F)c2F)c1F.Fc1ccc(Cc2c(F)cccc2F)c(F)c1.Fc1ccc(Cc2ccc(F)c(F)c2)c(F)c1.Fc1ccc(Cc2ccc(F)cc2F)c(F)c1.Fc1cccc(F)c1Cc1c(F)cccc1F. The number of benzene rings is 10. The number of hydrogen-bond donors (Lipinski definition) is 0. The van der Waals surface area contributed by atoms with E-state index in [4.69, 9.17) is 0 Å². The molecule has 21 heteroatoms. The highest BCUT2D eigenvalue weighted by Crippen LogP contribution is 2.25. The average molecular weight is 1490 g/mol. The van der Waals surface area contributed by atoms with Crippen molar-refractivity contribution in [2.75, 3.05) is 34.9 Å². The van der Waals surface area contributed by atoms with Gasteiger partial charge in [0.15, 0.2) is 23.3 Å². The molecule has 0 aliphatic rings. The molecule has 0 spiro atoms. The van der Waals surface area contributed by atoms with Gasteiger partial charge in [0, 0.05) is 79.7 Å². The molecule has 10 aromatic rings. The third-order valence-corrected chi connectivity index (χ3v) is 13.0. The van der Waals surface area contributed by atoms with E-state index in [1.807, 2.05) is 0 Å². The first-order valence-corrected chi connectivity index (χ1v) is 27.5. The highest BCUT2D eigenvalue weighted by Gasteiger charge is 2.17. The normalized spacial score (nSPS) is 9.40. The fourth-order valence-corrected chi connectivity index (χ4v) is 8.51. The van der Waals surface area contributed by atoms with Crippen LogP contribution in [0.1, 0.15) is 150 Å². The van der Waals surface area contributed by atoms with Crippen LogP contribution in [0.4, 0.5) is 83.4 Å². The Morgan fingerprint density at radius 2 is 0.500 bits per heavy atom. The minimum absolute atomic E-state index is 0. The number of nitrogens with zero attached hydrogens (tertiary/aromatic N) is 2. The Bertz CT molecular complexity index is 3850. The highest BCUT2D eigenvalue weighted by atomic mass is 19.2. The number of halogens is 19. The summed E-state index contributed by atoms with van der Waals surface area (Å²) in [4.78, 5) is 4.25. The maximum Gasteiger partial charge on any atom is 0.162 e. The second-order valence-electron chi connectivity index (χ2n) is 20.7. The zero-order valence-corrected chi connectivity index (χ0v) is 49.6. The quantitative estimate of drug-likeness (QED) is 0.0888. The maximum absolute atomic E-state index is 13.7. The van der Waals surface area contributed by atoms with Crippen molar-refractivity contribution in [2.24, 2.45) is 0 Å². The average Bonchev–Trinajstić information content (AvgIpc) is 0.863. The van der Waals surface area contributed by atoms with Crippen LogP contribution in [-0.2, 0) is 32.1 Å². The summed E-state index contributed by atoms with van der Waals surface area (Å²) in [6.07, 6.45) is -0.597. The molecule has 0 fully saturated rings. The number of hydrogen-bond acceptors (Lipinski definition) is 2. The molecule has 2 nitrogen and oxygen atoms in total. The lowest BCUT2D eigenvalue weighted by atomic mass is 10.0. The van der Waals surface area contributed by atoms with Crippen LogP contribution in [0.3, 0.4) is 0 Å². The summed E-state index contributed by atoms with van der Waals surface area (Å²) in [7, 11) is 8.22. The number of rotatable bonds is 12.